The van der Waals surface area contributed by atoms with Crippen molar-refractivity contribution >= 4 is 27.2 Å². The molecule has 0 N–H and O–H groups in total. The van der Waals surface area contributed by atoms with Crippen molar-refractivity contribution in [1.82, 2.24) is 24.1 Å². The first-order valence-corrected chi connectivity index (χ1v) is 13.9. The smallest absolute Gasteiger partial charge is 0.244 e. The lowest BCUT2D eigenvalue weighted by molar-refractivity contribution is 0.222. The molecular weight excluding hydrogens is 468 g/mol. The van der Waals surface area contributed by atoms with Gasteiger partial charge in [-0.15, -0.1) is 11.3 Å². The van der Waals surface area contributed by atoms with Crippen LogP contribution in [0, 0.1) is 0 Å². The van der Waals surface area contributed by atoms with Gasteiger partial charge in [-0.2, -0.15) is 4.31 Å². The van der Waals surface area contributed by atoms with Crippen LogP contribution >= 0.6 is 11.3 Å². The van der Waals surface area contributed by atoms with Crippen LogP contribution in [0.5, 0.6) is 0 Å². The molecule has 8 nitrogen and oxygen atoms in total. The van der Waals surface area contributed by atoms with Gasteiger partial charge < -0.3 is 9.80 Å². The van der Waals surface area contributed by atoms with E-state index >= 15 is 0 Å². The molecule has 2 aliphatic rings. The fourth-order valence-corrected chi connectivity index (χ4v) is 6.53. The third-order valence-electron chi connectivity index (χ3n) is 6.48. The van der Waals surface area contributed by atoms with Gasteiger partial charge in [0.05, 0.1) is 5.69 Å². The van der Waals surface area contributed by atoms with Gasteiger partial charge in [0.15, 0.2) is 0 Å². The standard InChI is InChI=1S/C24H30N6O2S2/c1-27-9-15-30(16-10-27)34(31,32)22-7-8-23(25-17-22)29-13-11-28(12-14-29)18-21-19-33-24(26-21)20-5-3-2-4-6-20/h2-8,17,19H,9-16,18H2,1H3. The van der Waals surface area contributed by atoms with Gasteiger partial charge in [0, 0.05) is 76.0 Å². The number of thiazole rings is 1. The molecule has 2 aliphatic heterocycles. The average Bonchev–Trinajstić information content (AvgIpc) is 3.34. The van der Waals surface area contributed by atoms with E-state index in [0.717, 1.165) is 67.9 Å². The summed E-state index contributed by atoms with van der Waals surface area (Å²) < 4.78 is 27.4. The zero-order valence-electron chi connectivity index (χ0n) is 19.4. The molecule has 1 aromatic carbocycles. The van der Waals surface area contributed by atoms with Crippen molar-refractivity contribution in [3.8, 4) is 10.6 Å². The molecule has 0 unspecified atom stereocenters. The Morgan fingerprint density at radius 2 is 1.65 bits per heavy atom. The predicted molar refractivity (Wildman–Crippen MR) is 136 cm³/mol. The van der Waals surface area contributed by atoms with E-state index in [2.05, 4.69) is 37.2 Å². The Labute approximate surface area is 205 Å². The summed E-state index contributed by atoms with van der Waals surface area (Å²) in [6.45, 7) is 6.94. The molecule has 0 saturated carbocycles. The van der Waals surface area contributed by atoms with Gasteiger partial charge in [0.25, 0.3) is 0 Å². The highest BCUT2D eigenvalue weighted by molar-refractivity contribution is 7.89. The van der Waals surface area contributed by atoms with E-state index in [1.54, 1.807) is 21.7 Å². The Morgan fingerprint density at radius 3 is 2.32 bits per heavy atom. The fraction of sp³-hybridized carbons (Fsp3) is 0.417. The first kappa shape index (κ1) is 23.4. The van der Waals surface area contributed by atoms with Crippen LogP contribution in [-0.2, 0) is 16.6 Å². The number of piperazine rings is 2. The van der Waals surface area contributed by atoms with E-state index in [0.29, 0.717) is 13.1 Å². The maximum absolute atomic E-state index is 12.9. The van der Waals surface area contributed by atoms with E-state index in [-0.39, 0.29) is 4.90 Å². The highest BCUT2D eigenvalue weighted by Crippen LogP contribution is 2.25. The maximum Gasteiger partial charge on any atom is 0.244 e. The van der Waals surface area contributed by atoms with Crippen LogP contribution in [0.15, 0.2) is 58.9 Å². The number of hydrogen-bond acceptors (Lipinski definition) is 8. The normalized spacial score (nSPS) is 18.9. The van der Waals surface area contributed by atoms with E-state index in [1.165, 1.54) is 6.20 Å². The fourth-order valence-electron chi connectivity index (χ4n) is 4.35. The van der Waals surface area contributed by atoms with Crippen LogP contribution in [0.2, 0.25) is 0 Å². The highest BCUT2D eigenvalue weighted by Gasteiger charge is 2.28. The van der Waals surface area contributed by atoms with Crippen LogP contribution < -0.4 is 4.90 Å². The van der Waals surface area contributed by atoms with Crippen LogP contribution in [0.25, 0.3) is 10.6 Å². The Morgan fingerprint density at radius 1 is 0.912 bits per heavy atom. The number of nitrogens with zero attached hydrogens (tertiary/aromatic N) is 6. The van der Waals surface area contributed by atoms with Crippen molar-refractivity contribution in [3.63, 3.8) is 0 Å². The Bertz CT molecular complexity index is 1180. The lowest BCUT2D eigenvalue weighted by atomic mass is 10.2. The monoisotopic (exact) mass is 498 g/mol. The molecule has 180 valence electrons. The molecule has 0 amide bonds. The number of rotatable bonds is 6. The number of likely N-dealkylation sites (N-methyl/N-ethyl adjacent to an activating group) is 1. The topological polar surface area (TPSA) is 72.9 Å². The lowest BCUT2D eigenvalue weighted by Gasteiger charge is -2.35. The highest BCUT2D eigenvalue weighted by atomic mass is 32.2. The van der Waals surface area contributed by atoms with Gasteiger partial charge in [-0.25, -0.2) is 18.4 Å². The molecule has 0 atom stereocenters. The molecule has 2 saturated heterocycles. The first-order valence-electron chi connectivity index (χ1n) is 11.6. The minimum Gasteiger partial charge on any atom is -0.354 e. The molecule has 3 aromatic rings. The largest absolute Gasteiger partial charge is 0.354 e. The van der Waals surface area contributed by atoms with Crippen molar-refractivity contribution in [2.45, 2.75) is 11.4 Å². The number of anilines is 1. The molecule has 2 aromatic heterocycles. The van der Waals surface area contributed by atoms with Gasteiger partial charge in [0.1, 0.15) is 15.7 Å². The van der Waals surface area contributed by atoms with Gasteiger partial charge in [-0.3, -0.25) is 4.90 Å². The second-order valence-electron chi connectivity index (χ2n) is 8.83. The van der Waals surface area contributed by atoms with E-state index in [9.17, 15) is 8.42 Å². The third kappa shape index (κ3) is 5.16. The summed E-state index contributed by atoms with van der Waals surface area (Å²) in [5.74, 6) is 0.831. The van der Waals surface area contributed by atoms with E-state index in [1.807, 2.05) is 31.3 Å². The van der Waals surface area contributed by atoms with Crippen molar-refractivity contribution in [3.05, 3.63) is 59.7 Å². The van der Waals surface area contributed by atoms with Crippen LogP contribution in [-0.4, -0.2) is 91.9 Å². The molecule has 10 heteroatoms. The van der Waals surface area contributed by atoms with Gasteiger partial charge in [-0.1, -0.05) is 30.3 Å². The summed E-state index contributed by atoms with van der Waals surface area (Å²) in [6, 6.07) is 13.8. The van der Waals surface area contributed by atoms with Crippen molar-refractivity contribution < 1.29 is 8.42 Å². The second kappa shape index (κ2) is 10.1. The number of benzene rings is 1. The summed E-state index contributed by atoms with van der Waals surface area (Å²) in [5, 5.41) is 3.21. The number of sulfonamides is 1. The van der Waals surface area contributed by atoms with Gasteiger partial charge >= 0.3 is 0 Å². The van der Waals surface area contributed by atoms with Crippen molar-refractivity contribution in [2.24, 2.45) is 0 Å². The van der Waals surface area contributed by atoms with Gasteiger partial charge in [0.2, 0.25) is 10.0 Å². The van der Waals surface area contributed by atoms with E-state index < -0.39 is 10.0 Å². The van der Waals surface area contributed by atoms with Crippen LogP contribution in [0.3, 0.4) is 0 Å². The number of hydrogen-bond donors (Lipinski definition) is 0. The molecule has 0 spiro atoms. The zero-order valence-corrected chi connectivity index (χ0v) is 21.0. The molecule has 0 bridgehead atoms. The number of aromatic nitrogens is 2. The number of pyridine rings is 1. The second-order valence-corrected chi connectivity index (χ2v) is 11.6. The zero-order chi connectivity index (χ0) is 23.5. The van der Waals surface area contributed by atoms with E-state index in [4.69, 9.17) is 4.98 Å². The van der Waals surface area contributed by atoms with Crippen LogP contribution in [0.1, 0.15) is 5.69 Å². The lowest BCUT2D eigenvalue weighted by Crippen LogP contribution is -2.47. The molecule has 0 aliphatic carbocycles. The SMILES string of the molecule is CN1CCN(S(=O)(=O)c2ccc(N3CCN(Cc4csc(-c5ccccc5)n4)CC3)nc2)CC1. The third-order valence-corrected chi connectivity index (χ3v) is 9.30. The maximum atomic E-state index is 12.9. The summed E-state index contributed by atoms with van der Waals surface area (Å²) in [5.41, 5.74) is 2.27. The summed E-state index contributed by atoms with van der Waals surface area (Å²) in [4.78, 5) is 16.4. The Hall–Kier alpha value is -2.37. The predicted octanol–water partition coefficient (Wildman–Crippen LogP) is 2.46. The Kier molecular flexibility index (Phi) is 6.94. The molecule has 4 heterocycles. The van der Waals surface area contributed by atoms with Crippen LogP contribution in [0.4, 0.5) is 5.82 Å². The van der Waals surface area contributed by atoms with Gasteiger partial charge in [-0.05, 0) is 19.2 Å². The average molecular weight is 499 g/mol. The molecule has 2 fully saturated rings. The molecule has 0 radical (unpaired) electrons. The molecule has 34 heavy (non-hydrogen) atoms. The first-order chi connectivity index (χ1) is 16.5. The Balaban J connectivity index is 1.16. The summed E-state index contributed by atoms with van der Waals surface area (Å²) in [7, 11) is -1.47. The molecular formula is C24H30N6O2S2. The van der Waals surface area contributed by atoms with Crippen molar-refractivity contribution in [2.75, 3.05) is 64.3 Å². The minimum atomic E-state index is -3.48. The van der Waals surface area contributed by atoms with Crippen molar-refractivity contribution in [1.29, 1.82) is 0 Å². The summed E-state index contributed by atoms with van der Waals surface area (Å²) in [6.07, 6.45) is 1.51. The summed E-state index contributed by atoms with van der Waals surface area (Å²) >= 11 is 1.69. The molecule has 5 rings (SSSR count). The quantitative estimate of drug-likeness (QED) is 0.517. The minimum absolute atomic E-state index is 0.275.